The minimum Gasteiger partial charge on any atom is -1.00 e. The molecule has 1 aliphatic rings. The maximum atomic E-state index is 13.9. The molecule has 2 amide bonds. The van der Waals surface area contributed by atoms with Crippen molar-refractivity contribution in [2.75, 3.05) is 43.9 Å². The van der Waals surface area contributed by atoms with Crippen LogP contribution in [0.4, 0.5) is 20.3 Å². The number of nitro groups is 2. The number of ether oxygens (including phenoxy) is 2. The van der Waals surface area contributed by atoms with E-state index in [9.17, 15) is 81.7 Å². The molecule has 9 heterocycles. The summed E-state index contributed by atoms with van der Waals surface area (Å²) in [6, 6.07) is 9.39. The molecular formula is C79H107BrCl2F2K2N25NaO28. The molecule has 8 aromatic heterocycles. The number of nitrogens with one attached hydrogen (secondary N) is 6. The molecule has 1 aliphatic heterocycles. The van der Waals surface area contributed by atoms with E-state index in [1.807, 2.05) is 20.8 Å². The van der Waals surface area contributed by atoms with E-state index < -0.39 is 44.9 Å². The third-order valence-corrected chi connectivity index (χ3v) is 16.0. The van der Waals surface area contributed by atoms with Gasteiger partial charge in [-0.15, -0.1) is 0 Å². The Labute approximate surface area is 924 Å². The zero-order valence-electron chi connectivity index (χ0n) is 77.0. The number of aromatic amines is 3. The third kappa shape index (κ3) is 61.1. The number of anilines is 1. The fourth-order valence-electron chi connectivity index (χ4n) is 9.45. The molecule has 0 saturated carbocycles. The smallest absolute Gasteiger partial charge is 1.00 e. The Kier molecular flexibility index (Phi) is 86.9. The van der Waals surface area contributed by atoms with Gasteiger partial charge in [0.25, 0.3) is 28.8 Å². The number of alkyl halides is 1. The number of hydrogen-bond acceptors (Lipinski definition) is 39. The Bertz CT molecular complexity index is 5860. The molecule has 53 nitrogen and oxygen atoms in total. The number of allylic oxidation sites excluding steroid dienone is 1. The Balaban J connectivity index is -0.000000153. The van der Waals surface area contributed by atoms with Crippen LogP contribution in [0.3, 0.4) is 0 Å². The predicted octanol–water partition coefficient (Wildman–Crippen LogP) is -4.71. The molecule has 61 heteroatoms. The van der Waals surface area contributed by atoms with Gasteiger partial charge in [-0.05, 0) is 86.4 Å². The molecule has 0 fully saturated rings. The summed E-state index contributed by atoms with van der Waals surface area (Å²) in [7, 11) is 0. The zero-order valence-corrected chi connectivity index (χ0v) is 87.4. The number of halogens is 5. The van der Waals surface area contributed by atoms with Gasteiger partial charge in [-0.1, -0.05) is 99.5 Å². The maximum Gasteiger partial charge on any atom is 1.00 e. The Morgan fingerprint density at radius 3 is 1.41 bits per heavy atom. The first-order chi connectivity index (χ1) is 62.8. The summed E-state index contributed by atoms with van der Waals surface area (Å²) in [6.45, 7) is 20.0. The molecule has 140 heavy (non-hydrogen) atoms. The van der Waals surface area contributed by atoms with Gasteiger partial charge >= 0.3 is 174 Å². The number of rotatable bonds is 27. The molecule has 0 spiro atoms. The number of aliphatic imine (C=N–C) groups is 1. The first-order valence-electron chi connectivity index (χ1n) is 37.6. The number of Topliss-reactive ketones (excluding diaryl/α,β-unsaturated/α-hetero) is 3. The summed E-state index contributed by atoms with van der Waals surface area (Å²) < 4.78 is 43.4. The number of nitrogens with two attached hydrogens (primary N) is 2. The van der Waals surface area contributed by atoms with E-state index in [1.165, 1.54) is 108 Å². The van der Waals surface area contributed by atoms with Crippen LogP contribution in [0.15, 0.2) is 118 Å². The number of aryl methyl sites for hydroxylation is 3. The number of carboxylic acid groups (broad SMARTS) is 1. The molecule has 2 aromatic carbocycles. The monoisotopic (exact) mass is 2140 g/mol. The van der Waals surface area contributed by atoms with Gasteiger partial charge in [0.2, 0.25) is 11.8 Å². The SMILES string of the molecule is C.C.C.CC(=O)Cn1cc(C)c(N)n1.CC(=O)Cn1cc([N+](=O)[O-])c(C)n1.CC(C)N(CC(=O)NCc1cccc(Cl)c1F)C(=O)Cn1cc2nc[nH]c(=O)c2n1.CC(C)NCC(=O)CCc1cccc(Cl)c1F.CC1=NCC=C1[N+](=O)[O-].CCOC(=O)CBr.CCOC(=O)Cn1cc2nc[nH]c(=O)c2n1.N=CN.O=C(O)Cn1cc2nc[nH]c(=O)c2n1.O=C=O.O=C=O.O=C=O.O=CO[O-].[H-].[HH].[K+].[K+].[Na+].[OH-]. The van der Waals surface area contributed by atoms with Crippen molar-refractivity contribution in [3.8, 4) is 0 Å². The number of nitrogens with zero attached hydrogens (tertiary/aromatic N) is 17. The summed E-state index contributed by atoms with van der Waals surface area (Å²) in [5.74, 6) is -2.87. The molecule has 10 aromatic rings. The number of carboxylic acids is 1. The van der Waals surface area contributed by atoms with Gasteiger partial charge in [0.15, 0.2) is 28.1 Å². The number of nitrogen functional groups attached to an aromatic ring is 1. The van der Waals surface area contributed by atoms with Crippen molar-refractivity contribution in [3.63, 3.8) is 0 Å². The van der Waals surface area contributed by atoms with Crippen LogP contribution < -0.4 is 176 Å². The van der Waals surface area contributed by atoms with Gasteiger partial charge in [0, 0.05) is 49.9 Å². The Morgan fingerprint density at radius 2 is 1.09 bits per heavy atom. The molecule has 0 radical (unpaired) electrons. The van der Waals surface area contributed by atoms with E-state index in [2.05, 4.69) is 102 Å². The van der Waals surface area contributed by atoms with Crippen molar-refractivity contribution in [2.24, 2.45) is 10.7 Å². The molecule has 0 saturated heterocycles. The van der Waals surface area contributed by atoms with Crippen LogP contribution in [0.1, 0.15) is 116 Å². The van der Waals surface area contributed by atoms with Gasteiger partial charge < -0.3 is 73.6 Å². The number of amides is 2. The van der Waals surface area contributed by atoms with Crippen molar-refractivity contribution >= 4 is 168 Å². The van der Waals surface area contributed by atoms with Crippen LogP contribution in [-0.4, -0.2) is 238 Å². The van der Waals surface area contributed by atoms with E-state index in [4.69, 9.17) is 83.0 Å². The minimum absolute atomic E-state index is 0. The van der Waals surface area contributed by atoms with Crippen molar-refractivity contribution < 1.29 is 256 Å². The Hall–Kier alpha value is -11.6. The largest absolute Gasteiger partial charge is 1.00 e. The van der Waals surface area contributed by atoms with Gasteiger partial charge in [0.1, 0.15) is 82.4 Å². The van der Waals surface area contributed by atoms with Gasteiger partial charge in [-0.25, -0.2) is 23.7 Å². The molecule has 0 atom stereocenters. The third-order valence-electron chi connectivity index (χ3n) is 14.9. The van der Waals surface area contributed by atoms with Crippen molar-refractivity contribution in [2.45, 2.75) is 163 Å². The summed E-state index contributed by atoms with van der Waals surface area (Å²) in [5, 5.41) is 68.8. The second-order valence-electron chi connectivity index (χ2n) is 25.6. The number of ketones is 3. The number of carbonyl (C=O) groups is 9. The second kappa shape index (κ2) is 83.2. The van der Waals surface area contributed by atoms with Crippen molar-refractivity contribution in [1.82, 2.24) is 94.3 Å². The van der Waals surface area contributed by atoms with Gasteiger partial charge in [-0.2, -0.15) is 54.3 Å². The van der Waals surface area contributed by atoms with Crippen LogP contribution in [0.25, 0.3) is 33.1 Å². The van der Waals surface area contributed by atoms with Crippen LogP contribution in [0.2, 0.25) is 10.0 Å². The minimum atomic E-state index is -1.02. The van der Waals surface area contributed by atoms with E-state index in [1.54, 1.807) is 63.7 Å². The summed E-state index contributed by atoms with van der Waals surface area (Å²) in [5.41, 5.74) is 13.0. The maximum absolute atomic E-state index is 13.9. The predicted molar refractivity (Wildman–Crippen MR) is 487 cm³/mol. The first-order valence-corrected chi connectivity index (χ1v) is 39.4. The molecular weight excluding hydrogens is 2040 g/mol. The number of benzene rings is 2. The molecule has 0 unspecified atom stereocenters. The number of H-pyrrole nitrogens is 3. The van der Waals surface area contributed by atoms with E-state index in [0.717, 1.165) is 16.6 Å². The van der Waals surface area contributed by atoms with E-state index in [0.29, 0.717) is 90.4 Å². The number of aromatic nitrogens is 16. The average molecular weight is 2140 g/mol. The van der Waals surface area contributed by atoms with Crippen molar-refractivity contribution in [3.05, 3.63) is 193 Å². The standard InChI is InChI=1S/C19H20ClFN6O3.C13H17ClFNO.C9H10N4O3.C7H6N4O3.C7H9N3O3.C7H11N3O.C5H6N2O2.C4H7BrO2.CH4N2.CH2O3.3CO2.3CH4.2K.Na.H2O.H2.H/c1-11(2)27(8-15(28)22-6-12-4-3-5-13(20)17(12)21)16(29)9-26-7-14-18(25-26)19(30)24-10-23-14;1-9(2)16-8-11(17)7-6-10-4-3-5-12(14)13(10)15;1-2-16-7(14)4-13-3-6-8(12-13)9(15)11-5-10-6;12-5(13)2-11-1-4-6(10-11)7(14)9-3-8-4;1-5(11)3-9-4-7(10(12)13)6(2)8-9;1-5-3-10(4-6(2)11)9-7(5)8;1-4-5(7(8)9)2-3-6-4;1-2-7-4(6)3-5;2-1-3;2-1-4-3;3*2-1-3;;;;;;;;;/h3-5,7,10-11H,6,8-9H2,1-2H3,(H,22,28)(H,23,24,30);3-5,9,16H,6-8H2,1-2H3;3,5H,2,4H2,1H3,(H,10,11,15);1,3H,2H2,(H,12,13)(H,8,9,14);4H,3H2,1-2H3;3H,4H2,1-2H3,(H2,8,9);2H,3H2,1H3;2-3H2,1H3;1H,(H3,2,3);1,3H;;;;3*1H4;;;;1H2;1H;/q;;;;;;;;;;;;;;;;3*+1;;;-1/p-2. The molecule has 754 valence electrons. The van der Waals surface area contributed by atoms with E-state index >= 15 is 0 Å². The molecule has 11 rings (SSSR count). The number of aliphatic carboxylic acids is 1. The summed E-state index contributed by atoms with van der Waals surface area (Å²) >= 11 is 14.3. The summed E-state index contributed by atoms with van der Waals surface area (Å²) in [6.07, 6.45) is 15.0. The second-order valence-corrected chi connectivity index (χ2v) is 27.0. The zero-order chi connectivity index (χ0) is 102. The topological polar surface area (TPSA) is 785 Å². The van der Waals surface area contributed by atoms with Gasteiger partial charge in [0.05, 0.1) is 110 Å². The fourth-order valence-corrected chi connectivity index (χ4v) is 10.0. The molecule has 12 N–H and O–H groups in total. The van der Waals surface area contributed by atoms with Crippen LogP contribution in [0, 0.1) is 51.1 Å². The average Bonchev–Trinajstić information content (AvgIpc) is 1.68. The fraction of sp³-hybridized carbons (Fsp3) is 0.380. The molecule has 0 bridgehead atoms. The van der Waals surface area contributed by atoms with E-state index in [-0.39, 0.29) is 323 Å². The van der Waals surface area contributed by atoms with Crippen LogP contribution in [-0.2, 0) is 132 Å². The first kappa shape index (κ1) is 146. The summed E-state index contributed by atoms with van der Waals surface area (Å²) in [4.78, 5) is 227. The quantitative estimate of drug-likeness (QED) is 0.00269. The Morgan fingerprint density at radius 1 is 0.686 bits per heavy atom. The molecule has 0 aliphatic carbocycles. The number of carbonyl (C=O) groups excluding carboxylic acids is 14. The number of hydrogen-bond donors (Lipinski definition) is 9. The van der Waals surface area contributed by atoms with Gasteiger partial charge in [-0.3, -0.25) is 112 Å². The van der Waals surface area contributed by atoms with Crippen LogP contribution >= 0.6 is 39.1 Å². The normalized spacial score (nSPS) is 9.59. The van der Waals surface area contributed by atoms with Crippen LogP contribution in [0.5, 0.6) is 0 Å². The number of fused-ring (bicyclic) bond motifs is 3. The van der Waals surface area contributed by atoms with Crippen molar-refractivity contribution in [1.29, 1.82) is 5.41 Å². The number of esters is 2.